The fourth-order valence-corrected chi connectivity index (χ4v) is 4.71. The van der Waals surface area contributed by atoms with Gasteiger partial charge >= 0.3 is 66.0 Å². The van der Waals surface area contributed by atoms with Gasteiger partial charge in [0.2, 0.25) is 0 Å². The zero-order valence-corrected chi connectivity index (χ0v) is 21.9. The van der Waals surface area contributed by atoms with Crippen LogP contribution >= 0.6 is 0 Å². The van der Waals surface area contributed by atoms with Crippen LogP contribution in [0.25, 0.3) is 11.1 Å². The van der Waals surface area contributed by atoms with Crippen molar-refractivity contribution in [3.8, 4) is 11.1 Å². The van der Waals surface area contributed by atoms with E-state index in [1.807, 2.05) is 33.5 Å². The fourth-order valence-electron chi connectivity index (χ4n) is 3.85. The Morgan fingerprint density at radius 3 is 2.07 bits per heavy atom. The smallest absolute Gasteiger partial charge is 0.172 e. The summed E-state index contributed by atoms with van der Waals surface area (Å²) in [6.45, 7) is 4.26. The van der Waals surface area contributed by atoms with Gasteiger partial charge in [-0.15, -0.1) is 11.1 Å². The second-order valence-electron chi connectivity index (χ2n) is 7.85. The quantitative estimate of drug-likeness (QED) is 0.243. The third-order valence-electron chi connectivity index (χ3n) is 5.35. The first-order valence-electron chi connectivity index (χ1n) is 10.5. The van der Waals surface area contributed by atoms with E-state index in [9.17, 15) is 0 Å². The molecule has 0 radical (unpaired) electrons. The molecule has 0 unspecified atom stereocenters. The summed E-state index contributed by atoms with van der Waals surface area (Å²) < 4.78 is 1.81. The van der Waals surface area contributed by atoms with Crippen LogP contribution in [0.1, 0.15) is 60.8 Å². The predicted octanol–water partition coefficient (Wildman–Crippen LogP) is 1.15. The maximum atomic E-state index is 3.45. The Kier molecular flexibility index (Phi) is 12.9. The molecule has 0 nitrogen and oxygen atoms in total. The van der Waals surface area contributed by atoms with Crippen molar-refractivity contribution in [2.24, 2.45) is 0 Å². The van der Waals surface area contributed by atoms with Crippen LogP contribution in [-0.2, 0) is 30.7 Å². The third-order valence-corrected chi connectivity index (χ3v) is 6.58. The Morgan fingerprint density at radius 1 is 0.833 bits per heavy atom. The van der Waals surface area contributed by atoms with Crippen molar-refractivity contribution in [3.63, 3.8) is 0 Å². The summed E-state index contributed by atoms with van der Waals surface area (Å²) in [6.07, 6.45) is 9.85. The summed E-state index contributed by atoms with van der Waals surface area (Å²) in [5.41, 5.74) is 8.15. The SMILES string of the molecule is Cc1[c-]c2c(cc1)-c1ccc(C)cc1C2.[Cl-].[Cl-].[Zr+2]=[C]1CCCCCC1.c1cc[cH-]c1. The Hall–Kier alpha value is -0.877. The van der Waals surface area contributed by atoms with Crippen LogP contribution in [0.5, 0.6) is 0 Å². The Bertz CT molecular complexity index is 821. The molecule has 0 amide bonds. The normalized spacial score (nSPS) is 13.7. The molecule has 0 bridgehead atoms. The van der Waals surface area contributed by atoms with Crippen LogP contribution in [0.2, 0.25) is 0 Å². The van der Waals surface area contributed by atoms with E-state index in [4.69, 9.17) is 0 Å². The van der Waals surface area contributed by atoms with Crippen molar-refractivity contribution >= 4 is 3.21 Å². The van der Waals surface area contributed by atoms with E-state index in [1.165, 1.54) is 71.9 Å². The standard InChI is InChI=1S/C15H13.C7H12.C5H5.2ClH.Zr/c1-10-3-5-14-12(7-10)9-13-8-11(2)4-6-15(13)14;1-2-4-6-7-5-3-1;1-2-4-5-3-1;;;/h3-7H,9H2,1-2H3;1-6H2;1-5H;2*1H;/q-1;;-1;;;+2/p-2. The molecule has 0 aliphatic heterocycles. The van der Waals surface area contributed by atoms with Crippen molar-refractivity contribution in [2.45, 2.75) is 58.8 Å². The van der Waals surface area contributed by atoms with Gasteiger partial charge in [0.1, 0.15) is 0 Å². The van der Waals surface area contributed by atoms with Crippen molar-refractivity contribution in [1.29, 1.82) is 0 Å². The molecule has 1 fully saturated rings. The maximum Gasteiger partial charge on any atom is -0.172 e. The molecule has 0 saturated heterocycles. The van der Waals surface area contributed by atoms with Crippen LogP contribution in [-0.4, -0.2) is 3.21 Å². The van der Waals surface area contributed by atoms with E-state index in [-0.39, 0.29) is 24.8 Å². The molecule has 0 N–H and O–H groups in total. The van der Waals surface area contributed by atoms with E-state index in [0.29, 0.717) is 0 Å². The molecule has 0 atom stereocenters. The molecule has 1 saturated carbocycles. The molecule has 2 aliphatic rings. The van der Waals surface area contributed by atoms with Crippen molar-refractivity contribution < 1.29 is 49.0 Å². The van der Waals surface area contributed by atoms with E-state index < -0.39 is 0 Å². The van der Waals surface area contributed by atoms with Crippen LogP contribution in [0.15, 0.2) is 60.7 Å². The molecule has 30 heavy (non-hydrogen) atoms. The largest absolute Gasteiger partial charge is 0.214 e. The molecule has 0 heterocycles. The number of benzene rings is 2. The first-order valence-corrected chi connectivity index (χ1v) is 11.7. The van der Waals surface area contributed by atoms with Crippen molar-refractivity contribution in [2.75, 3.05) is 0 Å². The number of hydrogen-bond acceptors (Lipinski definition) is 0. The second kappa shape index (κ2) is 14.2. The summed E-state index contributed by atoms with van der Waals surface area (Å²) in [6, 6.07) is 24.5. The molecular weight excluding hydrogens is 486 g/mol. The molecule has 5 rings (SSSR count). The number of aryl methyl sites for hydroxylation is 2. The van der Waals surface area contributed by atoms with Gasteiger partial charge < -0.3 is 24.8 Å². The molecule has 3 aromatic rings. The predicted molar refractivity (Wildman–Crippen MR) is 118 cm³/mol. The molecule has 3 aromatic carbocycles. The Balaban J connectivity index is 0.000000255. The van der Waals surface area contributed by atoms with Crippen molar-refractivity contribution in [1.82, 2.24) is 0 Å². The first kappa shape index (κ1) is 27.2. The summed E-state index contributed by atoms with van der Waals surface area (Å²) >= 11 is 1.69. The average Bonchev–Trinajstić information content (AvgIpc) is 3.30. The number of halogens is 2. The summed E-state index contributed by atoms with van der Waals surface area (Å²) in [5, 5.41) is 0. The minimum atomic E-state index is 0. The third kappa shape index (κ3) is 8.34. The zero-order chi connectivity index (χ0) is 19.8. The summed E-state index contributed by atoms with van der Waals surface area (Å²) in [4.78, 5) is 0. The zero-order valence-electron chi connectivity index (χ0n) is 18.0. The van der Waals surface area contributed by atoms with Crippen LogP contribution in [0.4, 0.5) is 0 Å². The minimum absolute atomic E-state index is 0. The van der Waals surface area contributed by atoms with Gasteiger partial charge in [-0.05, 0) is 18.9 Å². The molecule has 2 aliphatic carbocycles. The van der Waals surface area contributed by atoms with E-state index in [2.05, 4.69) is 50.2 Å². The maximum absolute atomic E-state index is 3.45. The number of fused-ring (bicyclic) bond motifs is 3. The monoisotopic (exact) mass is 514 g/mol. The molecular formula is C27H30Cl2Zr-2. The number of hydrogen-bond donors (Lipinski definition) is 0. The molecule has 0 aromatic heterocycles. The summed E-state index contributed by atoms with van der Waals surface area (Å²) in [7, 11) is 0. The fraction of sp³-hybridized carbons (Fsp3) is 0.333. The van der Waals surface area contributed by atoms with Gasteiger partial charge in [0.05, 0.1) is 0 Å². The Labute approximate surface area is 210 Å². The Morgan fingerprint density at radius 2 is 1.47 bits per heavy atom. The van der Waals surface area contributed by atoms with E-state index in [1.54, 1.807) is 24.2 Å². The van der Waals surface area contributed by atoms with Crippen molar-refractivity contribution in [3.05, 3.63) is 89.0 Å². The van der Waals surface area contributed by atoms with Gasteiger partial charge in [-0.25, -0.2) is 12.1 Å². The first-order chi connectivity index (χ1) is 13.6. The minimum Gasteiger partial charge on any atom is -0.214 e. The molecule has 3 heteroatoms. The number of rotatable bonds is 0. The average molecular weight is 517 g/mol. The van der Waals surface area contributed by atoms with E-state index in [0.717, 1.165) is 6.42 Å². The second-order valence-corrected chi connectivity index (χ2v) is 9.59. The van der Waals surface area contributed by atoms with Gasteiger partial charge in [-0.1, -0.05) is 36.2 Å². The van der Waals surface area contributed by atoms with Gasteiger partial charge in [-0.3, -0.25) is 0 Å². The van der Waals surface area contributed by atoms with Crippen LogP contribution in [0, 0.1) is 19.9 Å². The molecule has 158 valence electrons. The van der Waals surface area contributed by atoms with Gasteiger partial charge in [0.15, 0.2) is 0 Å². The van der Waals surface area contributed by atoms with Crippen LogP contribution < -0.4 is 24.8 Å². The topological polar surface area (TPSA) is 0 Å². The van der Waals surface area contributed by atoms with Gasteiger partial charge in [0, 0.05) is 0 Å². The van der Waals surface area contributed by atoms with Gasteiger partial charge in [-0.2, -0.15) is 42.0 Å². The van der Waals surface area contributed by atoms with Crippen LogP contribution in [0.3, 0.4) is 0 Å². The van der Waals surface area contributed by atoms with Gasteiger partial charge in [0.25, 0.3) is 0 Å². The van der Waals surface area contributed by atoms with E-state index >= 15 is 0 Å². The molecule has 0 spiro atoms. The summed E-state index contributed by atoms with van der Waals surface area (Å²) in [5.74, 6) is 0.